The van der Waals surface area contributed by atoms with Gasteiger partial charge in [-0.3, -0.25) is 9.59 Å². The maximum Gasteiger partial charge on any atom is 0.407 e. The quantitative estimate of drug-likeness (QED) is 0.00668. The van der Waals surface area contributed by atoms with Gasteiger partial charge < -0.3 is 59.0 Å². The van der Waals surface area contributed by atoms with Crippen LogP contribution in [0.15, 0.2) is 170 Å². The fourth-order valence-corrected chi connectivity index (χ4v) is 17.6. The summed E-state index contributed by atoms with van der Waals surface area (Å²) in [5.74, 6) is -2.18. The zero-order valence-corrected chi connectivity index (χ0v) is 56.7. The monoisotopic (exact) mass is 1300 g/mol. The number of hydrogen-bond acceptors (Lipinski definition) is 14. The van der Waals surface area contributed by atoms with Crippen LogP contribution in [0.3, 0.4) is 0 Å². The van der Waals surface area contributed by atoms with E-state index in [1.165, 1.54) is 10.4 Å². The second kappa shape index (κ2) is 35.5. The Labute approximate surface area is 545 Å². The molecule has 6 aromatic rings. The zero-order valence-electron chi connectivity index (χ0n) is 54.8. The number of amides is 3. The first-order chi connectivity index (χ1) is 44.0. The Morgan fingerprint density at radius 1 is 0.587 bits per heavy atom. The van der Waals surface area contributed by atoms with Gasteiger partial charge in [0.1, 0.15) is 24.9 Å². The molecular weight excluding hydrogens is 1200 g/mol. The molecule has 0 saturated carbocycles. The molecule has 6 aromatic carbocycles. The van der Waals surface area contributed by atoms with Crippen LogP contribution in [0.4, 0.5) is 9.59 Å². The van der Waals surface area contributed by atoms with Crippen LogP contribution in [0.2, 0.25) is 5.04 Å². The number of carbonyl (C=O) groups is 5. The average Bonchev–Trinajstić information content (AvgIpc) is 0.798. The third-order valence-corrected chi connectivity index (χ3v) is 22.4. The summed E-state index contributed by atoms with van der Waals surface area (Å²) in [5.41, 5.74) is 8.39. The summed E-state index contributed by atoms with van der Waals surface area (Å²) < 4.78 is 36.9. The molecule has 8 rings (SSSR count). The molecule has 2 aliphatic rings. The molecule has 0 aromatic heterocycles. The number of carbonyl (C=O) groups excluding carboxylic acids is 4. The largest absolute Gasteiger partial charge is 0.480 e. The summed E-state index contributed by atoms with van der Waals surface area (Å²) in [6.07, 6.45) is 1.65. The van der Waals surface area contributed by atoms with Crippen LogP contribution >= 0.6 is 8.53 Å². The number of benzene rings is 6. The Kier molecular flexibility index (Phi) is 28.3. The van der Waals surface area contributed by atoms with Gasteiger partial charge in [0.2, 0.25) is 5.91 Å². The van der Waals surface area contributed by atoms with Crippen molar-refractivity contribution in [3.05, 3.63) is 193 Å². The number of nitrogens with one attached hydrogen (secondary N) is 3. The van der Waals surface area contributed by atoms with Crippen LogP contribution in [0, 0.1) is 0 Å². The first-order valence-corrected chi connectivity index (χ1v) is 34.4. The van der Waals surface area contributed by atoms with E-state index in [4.69, 9.17) is 37.9 Å². The number of rotatable bonds is 28. The number of esters is 1. The van der Waals surface area contributed by atoms with E-state index in [0.717, 1.165) is 44.5 Å². The Hall–Kier alpha value is -7.58. The number of carboxylic acids is 1. The van der Waals surface area contributed by atoms with Gasteiger partial charge in [0.15, 0.2) is 6.04 Å². The van der Waals surface area contributed by atoms with Crippen molar-refractivity contribution in [1.29, 1.82) is 0 Å². The van der Waals surface area contributed by atoms with E-state index in [-0.39, 0.29) is 36.1 Å². The normalized spacial score (nSPS) is 13.6. The highest BCUT2D eigenvalue weighted by Gasteiger charge is 2.50. The molecule has 0 heterocycles. The molecule has 3 amide bonds. The minimum atomic E-state index is -2.67. The molecule has 3 atom stereocenters. The highest BCUT2D eigenvalue weighted by Crippen LogP contribution is 2.47. The van der Waals surface area contributed by atoms with Crippen molar-refractivity contribution in [3.8, 4) is 22.3 Å². The summed E-state index contributed by atoms with van der Waals surface area (Å²) in [6.45, 7) is 25.1. The molecule has 20 heteroatoms. The van der Waals surface area contributed by atoms with Gasteiger partial charge in [-0.2, -0.15) is 0 Å². The number of aliphatic hydroxyl groups excluding tert-OH is 2. The molecule has 92 heavy (non-hydrogen) atoms. The molecule has 494 valence electrons. The van der Waals surface area contributed by atoms with Gasteiger partial charge in [0.25, 0.3) is 16.8 Å². The summed E-state index contributed by atoms with van der Waals surface area (Å²) in [7, 11) is -3.82. The van der Waals surface area contributed by atoms with E-state index < -0.39 is 71.8 Å². The van der Waals surface area contributed by atoms with Gasteiger partial charge in [0, 0.05) is 43.5 Å². The van der Waals surface area contributed by atoms with Crippen LogP contribution in [0.5, 0.6) is 0 Å². The number of aliphatic carboxylic acids is 1. The lowest BCUT2D eigenvalue weighted by Gasteiger charge is -2.43. The molecule has 3 unspecified atom stereocenters. The number of carboxylic acid groups (broad SMARTS) is 1. The summed E-state index contributed by atoms with van der Waals surface area (Å²) in [6, 6.07) is 51.0. The van der Waals surface area contributed by atoms with Gasteiger partial charge in [-0.15, -0.1) is 6.58 Å². The number of ether oxygens (including phenoxy) is 3. The van der Waals surface area contributed by atoms with E-state index in [0.29, 0.717) is 57.7 Å². The van der Waals surface area contributed by atoms with E-state index in [1.807, 2.05) is 142 Å². The van der Waals surface area contributed by atoms with Crippen molar-refractivity contribution >= 4 is 57.2 Å². The minimum Gasteiger partial charge on any atom is -0.480 e. The lowest BCUT2D eigenvalue weighted by Crippen LogP contribution is -2.66. The Morgan fingerprint density at radius 3 is 1.38 bits per heavy atom. The van der Waals surface area contributed by atoms with E-state index in [9.17, 15) is 29.1 Å². The third-order valence-electron chi connectivity index (χ3n) is 15.3. The van der Waals surface area contributed by atoms with E-state index >= 15 is 0 Å². The topological polar surface area (TPSA) is 241 Å². The predicted molar refractivity (Wildman–Crippen MR) is 363 cm³/mol. The fraction of sp³-hybridized carbons (Fsp3) is 0.403. The molecule has 2 aliphatic carbocycles. The molecule has 6 N–H and O–H groups in total. The number of nitrogens with zero attached hydrogens (tertiary/aromatic N) is 1. The van der Waals surface area contributed by atoms with Crippen molar-refractivity contribution in [2.75, 3.05) is 52.8 Å². The standard InChI is InChI=1S/C37H42N2O5Si.C18H17NO5.C17H34NO4P/c1-37(2,3)45(27-15-6-4-7-16-27,28-17-8-5-9-18-28)44-24-14-23-38-35(41)34(25-40)39-36(42)43-26-33-31-21-12-10-19-29(31)30-20-11-13-22-32(30)33;20-9-16(17(21)22)19-18(23)24-10-15-13-7-3-1-5-11(13)12-6-2-4-8-14(12)15;1-9-12-20-23(18(14(2)3)15(4)5)21-13-10-11-16(19)22-17(6,7)8/h4-13,15-22,33-34,40H,14,23-26H2,1-3H3,(H,38,41)(H,39,42);1-8,15-16,20H,9-10H2,(H,19,23)(H,21,22);9,14-15H,1,10-13H2,2-8H3. The Bertz CT molecular complexity index is 3200. The first kappa shape index (κ1) is 73.5. The maximum atomic E-state index is 12.9. The van der Waals surface area contributed by atoms with Gasteiger partial charge >= 0.3 is 24.1 Å². The molecule has 0 aliphatic heterocycles. The van der Waals surface area contributed by atoms with Crippen LogP contribution in [-0.4, -0.2) is 141 Å². The molecule has 0 spiro atoms. The predicted octanol–water partition coefficient (Wildman–Crippen LogP) is 11.6. The zero-order chi connectivity index (χ0) is 67.0. The first-order valence-electron chi connectivity index (χ1n) is 31.3. The van der Waals surface area contributed by atoms with Crippen molar-refractivity contribution < 1.29 is 67.0 Å². The van der Waals surface area contributed by atoms with Gasteiger partial charge in [-0.1, -0.05) is 185 Å². The molecular formula is C72H93N4O14PSi. The van der Waals surface area contributed by atoms with Crippen LogP contribution < -0.4 is 26.3 Å². The minimum absolute atomic E-state index is 0.0949. The highest BCUT2D eigenvalue weighted by atomic mass is 31.2. The second-order valence-corrected chi connectivity index (χ2v) is 30.6. The van der Waals surface area contributed by atoms with Crippen LogP contribution in [0.1, 0.15) is 123 Å². The summed E-state index contributed by atoms with van der Waals surface area (Å²) in [5, 5.41) is 37.4. The van der Waals surface area contributed by atoms with Gasteiger partial charge in [0.05, 0.1) is 26.4 Å². The SMILES string of the molecule is C=CCOP(OCCCC(=O)OC(C)(C)C)N(C(C)C)C(C)C.CC(C)(C)[Si](OCCCNC(=O)C(CO)NC(=O)OCC1c2ccccc2-c2ccccc21)(c1ccccc1)c1ccccc1.O=C(NC(CO)C(=O)O)OCC1c2ccccc2-c2ccccc21. The van der Waals surface area contributed by atoms with Crippen molar-refractivity contribution in [2.24, 2.45) is 0 Å². The molecule has 0 fully saturated rings. The van der Waals surface area contributed by atoms with E-state index in [2.05, 4.69) is 112 Å². The number of hydrogen-bond donors (Lipinski definition) is 6. The smallest absolute Gasteiger partial charge is 0.407 e. The molecule has 18 nitrogen and oxygen atoms in total. The third kappa shape index (κ3) is 20.2. The average molecular weight is 1300 g/mol. The Balaban J connectivity index is 0.000000242. The maximum absolute atomic E-state index is 12.9. The van der Waals surface area contributed by atoms with Gasteiger partial charge in [-0.25, -0.2) is 19.1 Å². The van der Waals surface area contributed by atoms with Crippen molar-refractivity contribution in [1.82, 2.24) is 20.6 Å². The Morgan fingerprint density at radius 2 is 1.00 bits per heavy atom. The number of alkyl carbamates (subject to hydrolysis) is 2. The number of fused-ring (bicyclic) bond motifs is 6. The van der Waals surface area contributed by atoms with Crippen molar-refractivity contribution in [3.63, 3.8) is 0 Å². The molecule has 0 radical (unpaired) electrons. The van der Waals surface area contributed by atoms with Gasteiger partial charge in [-0.05, 0) is 121 Å². The fourth-order valence-electron chi connectivity index (χ4n) is 11.4. The number of aliphatic hydroxyl groups is 2. The van der Waals surface area contributed by atoms with Crippen molar-refractivity contribution in [2.45, 2.75) is 135 Å². The van der Waals surface area contributed by atoms with E-state index in [1.54, 1.807) is 6.08 Å². The lowest BCUT2D eigenvalue weighted by atomic mass is 9.98. The summed E-state index contributed by atoms with van der Waals surface area (Å²) >= 11 is 0. The second-order valence-electron chi connectivity index (χ2n) is 24.8. The van der Waals surface area contributed by atoms with Crippen LogP contribution in [0.25, 0.3) is 22.3 Å². The highest BCUT2D eigenvalue weighted by molar-refractivity contribution is 7.44. The van der Waals surface area contributed by atoms with Crippen LogP contribution in [-0.2, 0) is 42.1 Å². The molecule has 0 bridgehead atoms. The lowest BCUT2D eigenvalue weighted by molar-refractivity contribution is -0.155. The molecule has 0 saturated heterocycles. The summed E-state index contributed by atoms with van der Waals surface area (Å²) in [4.78, 5) is 59.9.